The molecule has 1 aromatic carbocycles. The molecule has 0 fully saturated rings. The maximum Gasteiger partial charge on any atom is 0.195 e. The Hall–Kier alpha value is -2.55. The Labute approximate surface area is 104 Å². The number of aliphatic imine (C=N–C) groups is 1. The molecule has 2 aromatic rings. The van der Waals surface area contributed by atoms with Gasteiger partial charge in [0.25, 0.3) is 0 Å². The SMILES string of the molecule is Cc1c(NC2=NCCN2)ccc2ncn(C#N)c12. The van der Waals surface area contributed by atoms with Crippen LogP contribution < -0.4 is 10.6 Å². The number of aryl methyl sites for hydroxylation is 1. The first kappa shape index (κ1) is 10.6. The summed E-state index contributed by atoms with van der Waals surface area (Å²) in [5.74, 6) is 0.778. The van der Waals surface area contributed by atoms with E-state index in [1.807, 2.05) is 19.1 Å². The highest BCUT2D eigenvalue weighted by atomic mass is 15.2. The first-order valence-electron chi connectivity index (χ1n) is 5.71. The van der Waals surface area contributed by atoms with E-state index in [4.69, 9.17) is 5.26 Å². The predicted molar refractivity (Wildman–Crippen MR) is 69.4 cm³/mol. The Bertz CT molecular complexity index is 676. The number of rotatable bonds is 1. The maximum atomic E-state index is 9.04. The summed E-state index contributed by atoms with van der Waals surface area (Å²) in [7, 11) is 0. The summed E-state index contributed by atoms with van der Waals surface area (Å²) in [5.41, 5.74) is 3.58. The van der Waals surface area contributed by atoms with Gasteiger partial charge in [-0.2, -0.15) is 5.26 Å². The maximum absolute atomic E-state index is 9.04. The van der Waals surface area contributed by atoms with Crippen LogP contribution >= 0.6 is 0 Å². The third-order valence-corrected chi connectivity index (χ3v) is 3.00. The lowest BCUT2D eigenvalue weighted by molar-refractivity contribution is 0.959. The molecule has 3 rings (SSSR count). The van der Waals surface area contributed by atoms with Gasteiger partial charge < -0.3 is 10.6 Å². The molecule has 6 nitrogen and oxygen atoms in total. The van der Waals surface area contributed by atoms with Gasteiger partial charge in [0.15, 0.2) is 12.2 Å². The Morgan fingerprint density at radius 2 is 2.39 bits per heavy atom. The summed E-state index contributed by atoms with van der Waals surface area (Å²) in [5, 5.41) is 15.4. The van der Waals surface area contributed by atoms with E-state index in [1.165, 1.54) is 10.9 Å². The molecule has 90 valence electrons. The number of guanidine groups is 1. The second kappa shape index (κ2) is 4.04. The molecular weight excluding hydrogens is 228 g/mol. The van der Waals surface area contributed by atoms with E-state index in [0.29, 0.717) is 0 Å². The zero-order chi connectivity index (χ0) is 12.5. The van der Waals surface area contributed by atoms with Crippen LogP contribution in [-0.4, -0.2) is 28.6 Å². The summed E-state index contributed by atoms with van der Waals surface area (Å²) in [6.45, 7) is 3.62. The average Bonchev–Trinajstić information content (AvgIpc) is 3.01. The third kappa shape index (κ3) is 1.57. The van der Waals surface area contributed by atoms with Crippen molar-refractivity contribution in [3.8, 4) is 6.19 Å². The second-order valence-electron chi connectivity index (χ2n) is 4.10. The normalized spacial score (nSPS) is 14.1. The molecule has 6 heteroatoms. The van der Waals surface area contributed by atoms with Gasteiger partial charge in [-0.05, 0) is 24.6 Å². The molecule has 0 amide bonds. The van der Waals surface area contributed by atoms with Crippen molar-refractivity contribution in [1.82, 2.24) is 14.9 Å². The van der Waals surface area contributed by atoms with Crippen LogP contribution in [0.3, 0.4) is 0 Å². The third-order valence-electron chi connectivity index (χ3n) is 3.00. The van der Waals surface area contributed by atoms with Crippen molar-refractivity contribution in [3.63, 3.8) is 0 Å². The molecule has 2 heterocycles. The van der Waals surface area contributed by atoms with Gasteiger partial charge in [0, 0.05) is 12.2 Å². The number of benzene rings is 1. The van der Waals surface area contributed by atoms with Crippen molar-refractivity contribution in [2.24, 2.45) is 4.99 Å². The smallest absolute Gasteiger partial charge is 0.195 e. The van der Waals surface area contributed by atoms with Gasteiger partial charge in [-0.3, -0.25) is 4.99 Å². The van der Waals surface area contributed by atoms with E-state index < -0.39 is 0 Å². The van der Waals surface area contributed by atoms with Crippen LogP contribution in [0.15, 0.2) is 23.5 Å². The molecule has 0 radical (unpaired) electrons. The van der Waals surface area contributed by atoms with Crippen LogP contribution in [0.4, 0.5) is 5.69 Å². The molecule has 0 bridgehead atoms. The van der Waals surface area contributed by atoms with Crippen LogP contribution in [0.5, 0.6) is 0 Å². The number of nitrogens with zero attached hydrogens (tertiary/aromatic N) is 4. The highest BCUT2D eigenvalue weighted by Crippen LogP contribution is 2.24. The number of aromatic nitrogens is 2. The molecule has 1 aromatic heterocycles. The molecule has 0 aliphatic carbocycles. The molecule has 0 atom stereocenters. The van der Waals surface area contributed by atoms with E-state index in [2.05, 4.69) is 26.8 Å². The molecule has 2 N–H and O–H groups in total. The molecule has 0 saturated heterocycles. The predicted octanol–water partition coefficient (Wildman–Crippen LogP) is 1.05. The van der Waals surface area contributed by atoms with E-state index in [1.54, 1.807) is 0 Å². The fraction of sp³-hybridized carbons (Fsp3) is 0.250. The van der Waals surface area contributed by atoms with Gasteiger partial charge in [0.2, 0.25) is 0 Å². The van der Waals surface area contributed by atoms with Crippen molar-refractivity contribution < 1.29 is 0 Å². The number of hydrogen-bond donors (Lipinski definition) is 2. The van der Waals surface area contributed by atoms with Crippen molar-refractivity contribution in [1.29, 1.82) is 5.26 Å². The summed E-state index contributed by atoms with van der Waals surface area (Å²) < 4.78 is 1.47. The van der Waals surface area contributed by atoms with E-state index >= 15 is 0 Å². The summed E-state index contributed by atoms with van der Waals surface area (Å²) in [4.78, 5) is 8.48. The zero-order valence-electron chi connectivity index (χ0n) is 9.94. The Kier molecular flexibility index (Phi) is 2.38. The summed E-state index contributed by atoms with van der Waals surface area (Å²) >= 11 is 0. The number of nitrogens with one attached hydrogen (secondary N) is 2. The molecule has 1 aliphatic heterocycles. The molecule has 0 spiro atoms. The quantitative estimate of drug-likeness (QED) is 0.780. The van der Waals surface area contributed by atoms with Crippen LogP contribution in [0, 0.1) is 18.4 Å². The standard InChI is InChI=1S/C12H12N6/c1-8-9(17-12-14-4-5-15-12)2-3-10-11(8)18(6-13)7-16-10/h2-3,7H,4-5H2,1H3,(H2,14,15,17). The topological polar surface area (TPSA) is 78.0 Å². The number of fused-ring (bicyclic) bond motifs is 1. The minimum Gasteiger partial charge on any atom is -0.354 e. The first-order valence-corrected chi connectivity index (χ1v) is 5.71. The largest absolute Gasteiger partial charge is 0.354 e. The molecule has 0 unspecified atom stereocenters. The van der Waals surface area contributed by atoms with Crippen molar-refractivity contribution in [2.75, 3.05) is 18.4 Å². The van der Waals surface area contributed by atoms with Gasteiger partial charge >= 0.3 is 0 Å². The van der Waals surface area contributed by atoms with E-state index in [-0.39, 0.29) is 0 Å². The minimum atomic E-state index is 0.778. The summed E-state index contributed by atoms with van der Waals surface area (Å²) in [6.07, 6.45) is 3.63. The minimum absolute atomic E-state index is 0.778. The van der Waals surface area contributed by atoms with Crippen LogP contribution in [0.25, 0.3) is 11.0 Å². The number of hydrogen-bond acceptors (Lipinski definition) is 5. The monoisotopic (exact) mass is 240 g/mol. The van der Waals surface area contributed by atoms with Crippen molar-refractivity contribution >= 4 is 22.7 Å². The molecule has 0 saturated carbocycles. The van der Waals surface area contributed by atoms with Gasteiger partial charge in [-0.1, -0.05) is 0 Å². The van der Waals surface area contributed by atoms with E-state index in [0.717, 1.165) is 41.3 Å². The lowest BCUT2D eigenvalue weighted by atomic mass is 10.1. The first-order chi connectivity index (χ1) is 8.79. The van der Waals surface area contributed by atoms with Crippen LogP contribution in [0.1, 0.15) is 5.56 Å². The van der Waals surface area contributed by atoms with Gasteiger partial charge in [0.05, 0.1) is 17.6 Å². The number of imidazole rings is 1. The van der Waals surface area contributed by atoms with E-state index in [9.17, 15) is 0 Å². The Morgan fingerprint density at radius 3 is 3.11 bits per heavy atom. The fourth-order valence-electron chi connectivity index (χ4n) is 2.09. The van der Waals surface area contributed by atoms with Crippen molar-refractivity contribution in [3.05, 3.63) is 24.0 Å². The lowest BCUT2D eigenvalue weighted by Gasteiger charge is -2.10. The molecule has 18 heavy (non-hydrogen) atoms. The van der Waals surface area contributed by atoms with Gasteiger partial charge in [0.1, 0.15) is 6.33 Å². The van der Waals surface area contributed by atoms with Crippen molar-refractivity contribution in [2.45, 2.75) is 6.92 Å². The van der Waals surface area contributed by atoms with Crippen LogP contribution in [-0.2, 0) is 0 Å². The van der Waals surface area contributed by atoms with Crippen LogP contribution in [0.2, 0.25) is 0 Å². The average molecular weight is 240 g/mol. The van der Waals surface area contributed by atoms with Gasteiger partial charge in [-0.25, -0.2) is 9.55 Å². The zero-order valence-corrected chi connectivity index (χ0v) is 9.94. The molecular formula is C12H12N6. The lowest BCUT2D eigenvalue weighted by Crippen LogP contribution is -2.26. The Balaban J connectivity index is 2.07. The highest BCUT2D eigenvalue weighted by Gasteiger charge is 2.11. The fourth-order valence-corrected chi connectivity index (χ4v) is 2.09. The van der Waals surface area contributed by atoms with Gasteiger partial charge in [-0.15, -0.1) is 0 Å². The summed E-state index contributed by atoms with van der Waals surface area (Å²) in [6, 6.07) is 3.85. The highest BCUT2D eigenvalue weighted by molar-refractivity contribution is 5.98. The number of anilines is 1. The molecule has 1 aliphatic rings. The Morgan fingerprint density at radius 1 is 1.50 bits per heavy atom. The second-order valence-corrected chi connectivity index (χ2v) is 4.10. The number of nitriles is 1.